The Labute approximate surface area is 77.4 Å². The number of hydrogen-bond donors (Lipinski definition) is 0. The third-order valence-electron chi connectivity index (χ3n) is 1.44. The van der Waals surface area contributed by atoms with Gasteiger partial charge in [-0.1, -0.05) is 0 Å². The summed E-state index contributed by atoms with van der Waals surface area (Å²) < 4.78 is 41.3. The van der Waals surface area contributed by atoms with Crippen LogP contribution in [0.25, 0.3) is 0 Å². The zero-order valence-electron chi connectivity index (χ0n) is 6.89. The zero-order valence-corrected chi connectivity index (χ0v) is 7.71. The van der Waals surface area contributed by atoms with E-state index in [-0.39, 0.29) is 17.9 Å². The van der Waals surface area contributed by atoms with Crippen molar-refractivity contribution in [3.05, 3.63) is 16.1 Å². The average molecular weight is 211 g/mol. The number of methoxy groups -OCH3 is 1. The minimum atomic E-state index is -4.34. The maximum Gasteiger partial charge on any atom is 0.434 e. The van der Waals surface area contributed by atoms with Crippen molar-refractivity contribution in [1.29, 1.82) is 0 Å². The lowest BCUT2D eigenvalue weighted by Gasteiger charge is -2.05. The van der Waals surface area contributed by atoms with E-state index in [1.165, 1.54) is 12.6 Å². The molecule has 1 rings (SSSR count). The van der Waals surface area contributed by atoms with Crippen LogP contribution >= 0.6 is 11.3 Å². The maximum atomic E-state index is 12.2. The van der Waals surface area contributed by atoms with Crippen LogP contribution in [0.4, 0.5) is 13.2 Å². The van der Waals surface area contributed by atoms with Crippen molar-refractivity contribution in [3.63, 3.8) is 0 Å². The fourth-order valence-corrected chi connectivity index (χ4v) is 1.64. The number of alkyl halides is 3. The van der Waals surface area contributed by atoms with Gasteiger partial charge >= 0.3 is 6.18 Å². The van der Waals surface area contributed by atoms with Crippen molar-refractivity contribution in [3.8, 4) is 0 Å². The molecular weight excluding hydrogens is 203 g/mol. The predicted octanol–water partition coefficient (Wildman–Crippen LogP) is 2.35. The number of rotatable bonds is 3. The molecule has 13 heavy (non-hydrogen) atoms. The topological polar surface area (TPSA) is 22.1 Å². The van der Waals surface area contributed by atoms with Crippen LogP contribution in [0.5, 0.6) is 0 Å². The highest BCUT2D eigenvalue weighted by Crippen LogP contribution is 2.32. The third kappa shape index (κ3) is 2.67. The summed E-state index contributed by atoms with van der Waals surface area (Å²) in [6, 6.07) is 0. The molecule has 0 aliphatic heterocycles. The van der Waals surface area contributed by atoms with Gasteiger partial charge in [0.05, 0.1) is 12.1 Å². The smallest absolute Gasteiger partial charge is 0.384 e. The molecule has 6 heteroatoms. The van der Waals surface area contributed by atoms with Gasteiger partial charge in [-0.05, 0) is 0 Å². The molecule has 0 N–H and O–H groups in total. The fourth-order valence-electron chi connectivity index (χ4n) is 0.874. The van der Waals surface area contributed by atoms with Gasteiger partial charge in [-0.2, -0.15) is 13.2 Å². The summed E-state index contributed by atoms with van der Waals surface area (Å²) >= 11 is 1.01. The molecule has 0 amide bonds. The minimum absolute atomic E-state index is 0.231. The molecule has 0 atom stereocenters. The molecule has 0 aliphatic carbocycles. The predicted molar refractivity (Wildman–Crippen MR) is 42.7 cm³/mol. The fraction of sp³-hybridized carbons (Fsp3) is 0.571. The highest BCUT2D eigenvalue weighted by atomic mass is 32.1. The maximum absolute atomic E-state index is 12.2. The van der Waals surface area contributed by atoms with Gasteiger partial charge in [0, 0.05) is 18.4 Å². The third-order valence-corrected chi connectivity index (χ3v) is 2.34. The van der Waals surface area contributed by atoms with Gasteiger partial charge in [0.1, 0.15) is 0 Å². The Hall–Kier alpha value is -0.620. The summed E-state index contributed by atoms with van der Waals surface area (Å²) in [6.07, 6.45) is -4.08. The number of aromatic nitrogens is 1. The van der Waals surface area contributed by atoms with Gasteiger partial charge in [-0.15, -0.1) is 11.3 Å². The first-order valence-corrected chi connectivity index (χ1v) is 4.42. The van der Waals surface area contributed by atoms with E-state index in [9.17, 15) is 13.2 Å². The van der Waals surface area contributed by atoms with Gasteiger partial charge in [0.25, 0.3) is 0 Å². The van der Waals surface area contributed by atoms with Crippen LogP contribution in [0.15, 0.2) is 5.51 Å². The van der Waals surface area contributed by atoms with Crippen LogP contribution < -0.4 is 0 Å². The quantitative estimate of drug-likeness (QED) is 0.765. The number of hydrogen-bond acceptors (Lipinski definition) is 3. The van der Waals surface area contributed by atoms with E-state index < -0.39 is 11.9 Å². The van der Waals surface area contributed by atoms with Crippen molar-refractivity contribution < 1.29 is 17.9 Å². The molecule has 0 unspecified atom stereocenters. The second-order valence-electron chi connectivity index (χ2n) is 2.36. The molecule has 0 aromatic carbocycles. The molecule has 0 saturated carbocycles. The summed E-state index contributed by atoms with van der Waals surface area (Å²) in [7, 11) is 1.45. The lowest BCUT2D eigenvalue weighted by atomic mass is 10.3. The molecule has 0 saturated heterocycles. The van der Waals surface area contributed by atoms with Gasteiger partial charge in [-0.3, -0.25) is 0 Å². The standard InChI is InChI=1S/C7H8F3NOS/c1-12-3-2-5-6(7(8,9)10)11-4-13-5/h4H,2-3H2,1H3. The first-order valence-electron chi connectivity index (χ1n) is 3.54. The zero-order chi connectivity index (χ0) is 9.90. The van der Waals surface area contributed by atoms with Gasteiger partial charge in [-0.25, -0.2) is 4.98 Å². The molecule has 1 heterocycles. The number of thiazole rings is 1. The van der Waals surface area contributed by atoms with Crippen molar-refractivity contribution in [2.75, 3.05) is 13.7 Å². The van der Waals surface area contributed by atoms with Crippen LogP contribution in [0.2, 0.25) is 0 Å². The second kappa shape index (κ2) is 4.06. The van der Waals surface area contributed by atoms with E-state index in [0.29, 0.717) is 0 Å². The Morgan fingerprint density at radius 3 is 2.77 bits per heavy atom. The Kier molecular flexibility index (Phi) is 3.27. The van der Waals surface area contributed by atoms with Crippen LogP contribution in [0.1, 0.15) is 10.6 Å². The van der Waals surface area contributed by atoms with E-state index in [0.717, 1.165) is 11.3 Å². The molecular formula is C7H8F3NOS. The van der Waals surface area contributed by atoms with E-state index in [2.05, 4.69) is 4.98 Å². The molecule has 0 bridgehead atoms. The highest BCUT2D eigenvalue weighted by Gasteiger charge is 2.35. The minimum Gasteiger partial charge on any atom is -0.384 e. The second-order valence-corrected chi connectivity index (χ2v) is 3.30. The summed E-state index contributed by atoms with van der Waals surface area (Å²) in [5.74, 6) is 0. The van der Waals surface area contributed by atoms with Crippen molar-refractivity contribution in [2.45, 2.75) is 12.6 Å². The SMILES string of the molecule is COCCc1scnc1C(F)(F)F. The van der Waals surface area contributed by atoms with Crippen molar-refractivity contribution in [1.82, 2.24) is 4.98 Å². The Balaban J connectivity index is 2.77. The Bertz CT molecular complexity index is 271. The Morgan fingerprint density at radius 1 is 1.54 bits per heavy atom. The van der Waals surface area contributed by atoms with Crippen LogP contribution in [0.3, 0.4) is 0 Å². The molecule has 1 aromatic heterocycles. The first kappa shape index (κ1) is 10.5. The molecule has 0 fully saturated rings. The van der Waals surface area contributed by atoms with Crippen molar-refractivity contribution >= 4 is 11.3 Å². The first-order chi connectivity index (χ1) is 6.05. The molecule has 1 aromatic rings. The number of halogens is 3. The summed E-state index contributed by atoms with van der Waals surface area (Å²) in [6.45, 7) is 0.283. The molecule has 0 radical (unpaired) electrons. The van der Waals surface area contributed by atoms with Crippen LogP contribution in [-0.4, -0.2) is 18.7 Å². The molecule has 0 spiro atoms. The normalized spacial score (nSPS) is 12.0. The number of nitrogens with zero attached hydrogens (tertiary/aromatic N) is 1. The van der Waals surface area contributed by atoms with E-state index in [4.69, 9.17) is 4.74 Å². The van der Waals surface area contributed by atoms with Crippen LogP contribution in [-0.2, 0) is 17.3 Å². The van der Waals surface area contributed by atoms with Gasteiger partial charge < -0.3 is 4.74 Å². The Morgan fingerprint density at radius 2 is 2.23 bits per heavy atom. The van der Waals surface area contributed by atoms with Crippen molar-refractivity contribution in [2.24, 2.45) is 0 Å². The monoisotopic (exact) mass is 211 g/mol. The molecule has 74 valence electrons. The number of ether oxygens (including phenoxy) is 1. The average Bonchev–Trinajstić information content (AvgIpc) is 2.47. The van der Waals surface area contributed by atoms with E-state index in [1.807, 2.05) is 0 Å². The highest BCUT2D eigenvalue weighted by molar-refractivity contribution is 7.09. The molecule has 0 aliphatic rings. The summed E-state index contributed by atoms with van der Waals surface area (Å²) in [5, 5.41) is 0. The lowest BCUT2D eigenvalue weighted by molar-refractivity contribution is -0.141. The van der Waals surface area contributed by atoms with Gasteiger partial charge in [0.2, 0.25) is 0 Å². The molecule has 2 nitrogen and oxygen atoms in total. The van der Waals surface area contributed by atoms with E-state index in [1.54, 1.807) is 0 Å². The largest absolute Gasteiger partial charge is 0.434 e. The van der Waals surface area contributed by atoms with Crippen LogP contribution in [0, 0.1) is 0 Å². The van der Waals surface area contributed by atoms with Gasteiger partial charge in [0.15, 0.2) is 5.69 Å². The lowest BCUT2D eigenvalue weighted by Crippen LogP contribution is -2.09. The summed E-state index contributed by atoms with van der Waals surface area (Å²) in [5.41, 5.74) is 0.419. The summed E-state index contributed by atoms with van der Waals surface area (Å²) in [4.78, 5) is 3.51. The van der Waals surface area contributed by atoms with E-state index >= 15 is 0 Å².